The highest BCUT2D eigenvalue weighted by atomic mass is 31.2. The molecule has 0 fully saturated rings. The Morgan fingerprint density at radius 2 is 1.73 bits per heavy atom. The number of nitrogens with zero attached hydrogens (tertiary/aromatic N) is 1. The van der Waals surface area contributed by atoms with Crippen molar-refractivity contribution in [3.05, 3.63) is 81.5 Å². The number of H-pyrrole nitrogens is 1. The molecule has 0 aliphatic carbocycles. The van der Waals surface area contributed by atoms with Gasteiger partial charge in [0.1, 0.15) is 11.6 Å². The van der Waals surface area contributed by atoms with Crippen LogP contribution >= 0.6 is 7.82 Å². The topological polar surface area (TPSA) is 181 Å². The Morgan fingerprint density at radius 1 is 1.07 bits per heavy atom. The summed E-state index contributed by atoms with van der Waals surface area (Å²) in [5.41, 5.74) is -1.21. The third-order valence-corrected chi connectivity index (χ3v) is 5.55. The Kier molecular flexibility index (Phi) is 12.8. The maximum absolute atomic E-state index is 14.9. The summed E-state index contributed by atoms with van der Waals surface area (Å²) < 4.78 is 69.6. The normalized spacial score (nSPS) is 11.4. The first-order valence-electron chi connectivity index (χ1n) is 12.7. The number of phosphoric acid groups is 1. The second-order valence-electron chi connectivity index (χ2n) is 9.41. The lowest BCUT2D eigenvalue weighted by Gasteiger charge is -2.14. The zero-order valence-corrected chi connectivity index (χ0v) is 24.6. The smallest absolute Gasteiger partial charge is 0.466 e. The van der Waals surface area contributed by atoms with E-state index in [0.717, 1.165) is 6.07 Å². The quantitative estimate of drug-likeness (QED) is 0.142. The zero-order valence-electron chi connectivity index (χ0n) is 23.7. The Bertz CT molecular complexity index is 1570. The molecule has 17 heteroatoms. The Hall–Kier alpha value is -4.08. The van der Waals surface area contributed by atoms with Gasteiger partial charge in [-0.05, 0) is 56.4 Å². The van der Waals surface area contributed by atoms with E-state index >= 15 is 0 Å². The molecule has 2 aromatic carbocycles. The molecule has 3 rings (SSSR count). The number of hydrogen-bond donors (Lipinski definition) is 6. The minimum Gasteiger partial charge on any atom is -0.493 e. The Labute approximate surface area is 248 Å². The van der Waals surface area contributed by atoms with E-state index in [-0.39, 0.29) is 41.3 Å². The number of aromatic nitrogens is 1. The molecule has 0 unspecified atom stereocenters. The van der Waals surface area contributed by atoms with Crippen molar-refractivity contribution < 1.29 is 51.1 Å². The number of benzene rings is 2. The van der Waals surface area contributed by atoms with Gasteiger partial charge in [0.25, 0.3) is 11.5 Å². The van der Waals surface area contributed by atoms with E-state index in [1.165, 1.54) is 30.5 Å². The fourth-order valence-corrected chi connectivity index (χ4v) is 3.68. The van der Waals surface area contributed by atoms with Gasteiger partial charge in [-0.15, -0.1) is 0 Å². The van der Waals surface area contributed by atoms with Gasteiger partial charge in [-0.25, -0.2) is 8.96 Å². The number of carbonyl (C=O) groups is 2. The summed E-state index contributed by atoms with van der Waals surface area (Å²) in [6.07, 6.45) is -3.85. The Balaban J connectivity index is 0.00000125. The van der Waals surface area contributed by atoms with Gasteiger partial charge in [0.15, 0.2) is 0 Å². The summed E-state index contributed by atoms with van der Waals surface area (Å²) >= 11 is 0. The molecular formula is C27H31F4N4O8P. The molecule has 0 spiro atoms. The van der Waals surface area contributed by atoms with Gasteiger partial charge in [0.2, 0.25) is 5.91 Å². The highest BCUT2D eigenvalue weighted by molar-refractivity contribution is 7.45. The summed E-state index contributed by atoms with van der Waals surface area (Å²) in [5.74, 6) is -1.98. The monoisotopic (exact) mass is 646 g/mol. The van der Waals surface area contributed by atoms with Crippen LogP contribution in [0.1, 0.15) is 28.4 Å². The molecule has 0 saturated carbocycles. The van der Waals surface area contributed by atoms with E-state index in [4.69, 9.17) is 24.0 Å². The van der Waals surface area contributed by atoms with E-state index in [9.17, 15) is 31.9 Å². The summed E-state index contributed by atoms with van der Waals surface area (Å²) in [4.78, 5) is 62.5. The molecule has 6 N–H and O–H groups in total. The van der Waals surface area contributed by atoms with E-state index in [0.29, 0.717) is 29.8 Å². The van der Waals surface area contributed by atoms with E-state index < -0.39 is 43.6 Å². The lowest BCUT2D eigenvalue weighted by molar-refractivity contribution is -0.137. The summed E-state index contributed by atoms with van der Waals surface area (Å²) in [5, 5.41) is 4.86. The van der Waals surface area contributed by atoms with Crippen molar-refractivity contribution in [2.75, 3.05) is 39.1 Å². The van der Waals surface area contributed by atoms with Crippen molar-refractivity contribution in [2.45, 2.75) is 19.5 Å². The molecule has 0 atom stereocenters. The van der Waals surface area contributed by atoms with Crippen LogP contribution in [0, 0.1) is 5.82 Å². The van der Waals surface area contributed by atoms with Crippen LogP contribution in [0.2, 0.25) is 0 Å². The number of rotatable bonds is 10. The maximum atomic E-state index is 14.9. The number of likely N-dealkylation sites (N-methyl/N-ethyl adjacent to an activating group) is 1. The number of ether oxygens (including phenoxy) is 1. The lowest BCUT2D eigenvalue weighted by Crippen LogP contribution is -2.31. The number of carbonyl (C=O) groups excluding carboxylic acids is 2. The van der Waals surface area contributed by atoms with Crippen molar-refractivity contribution in [3.8, 4) is 16.9 Å². The van der Waals surface area contributed by atoms with E-state index in [1.54, 1.807) is 25.9 Å². The predicted molar refractivity (Wildman–Crippen MR) is 153 cm³/mol. The van der Waals surface area contributed by atoms with Crippen molar-refractivity contribution >= 4 is 25.3 Å². The number of nitrogens with one attached hydrogen (secondary N) is 3. The predicted octanol–water partition coefficient (Wildman–Crippen LogP) is 3.14. The summed E-state index contributed by atoms with van der Waals surface area (Å²) in [6, 6.07) is 7.83. The van der Waals surface area contributed by atoms with E-state index in [2.05, 4.69) is 15.6 Å². The number of alkyl halides is 3. The molecule has 2 amide bonds. The highest BCUT2D eigenvalue weighted by Gasteiger charge is 2.32. The number of pyridine rings is 1. The van der Waals surface area contributed by atoms with Crippen LogP contribution in [0.25, 0.3) is 11.1 Å². The van der Waals surface area contributed by atoms with Gasteiger partial charge in [0.05, 0.1) is 18.6 Å². The van der Waals surface area contributed by atoms with Crippen molar-refractivity contribution in [3.63, 3.8) is 0 Å². The molecule has 12 nitrogen and oxygen atoms in total. The van der Waals surface area contributed by atoms with Crippen LogP contribution in [-0.4, -0.2) is 70.2 Å². The van der Waals surface area contributed by atoms with Crippen molar-refractivity contribution in [1.82, 2.24) is 15.2 Å². The molecule has 0 aliphatic rings. The van der Waals surface area contributed by atoms with Gasteiger partial charge in [-0.3, -0.25) is 14.4 Å². The second-order valence-corrected chi connectivity index (χ2v) is 10.4. The van der Waals surface area contributed by atoms with Gasteiger partial charge >= 0.3 is 14.0 Å². The lowest BCUT2D eigenvalue weighted by atomic mass is 10.0. The van der Waals surface area contributed by atoms with Crippen LogP contribution < -0.4 is 20.9 Å². The largest absolute Gasteiger partial charge is 0.493 e. The highest BCUT2D eigenvalue weighted by Crippen LogP contribution is 2.33. The first-order valence-corrected chi connectivity index (χ1v) is 14.3. The molecule has 3 aromatic rings. The summed E-state index contributed by atoms with van der Waals surface area (Å²) in [6.45, 7) is 2.71. The van der Waals surface area contributed by atoms with Crippen molar-refractivity contribution in [2.24, 2.45) is 0 Å². The van der Waals surface area contributed by atoms with Crippen LogP contribution in [0.3, 0.4) is 0 Å². The van der Waals surface area contributed by atoms with Crippen LogP contribution in [-0.2, 0) is 22.0 Å². The molecular weight excluding hydrogens is 615 g/mol. The molecule has 240 valence electrons. The molecule has 1 aromatic heterocycles. The zero-order chi connectivity index (χ0) is 33.2. The average molecular weight is 647 g/mol. The number of halogens is 4. The van der Waals surface area contributed by atoms with Gasteiger partial charge < -0.3 is 39.9 Å². The number of aromatic amines is 1. The molecule has 0 bridgehead atoms. The Morgan fingerprint density at radius 3 is 2.30 bits per heavy atom. The fourth-order valence-electron chi connectivity index (χ4n) is 3.68. The van der Waals surface area contributed by atoms with Crippen LogP contribution in [0.4, 0.5) is 23.2 Å². The third kappa shape index (κ3) is 12.3. The fraction of sp³-hybridized carbons (Fsp3) is 0.296. The minimum absolute atomic E-state index is 0.00716. The van der Waals surface area contributed by atoms with E-state index in [1.807, 2.05) is 0 Å². The summed E-state index contributed by atoms with van der Waals surface area (Å²) in [7, 11) is -1.08. The van der Waals surface area contributed by atoms with Gasteiger partial charge in [-0.1, -0.05) is 12.1 Å². The first kappa shape index (κ1) is 36.1. The van der Waals surface area contributed by atoms with Crippen LogP contribution in [0.5, 0.6) is 5.75 Å². The van der Waals surface area contributed by atoms with Gasteiger partial charge in [-0.2, -0.15) is 13.2 Å². The molecule has 0 saturated heterocycles. The number of hydrogen-bond acceptors (Lipinski definition) is 6. The standard InChI is InChI=1S/C27H28F4N4O4.H3O4P/c1-4-39-23-14-24(36)33-15-21(23)16-5-6-17(22(28)11-16)12-25(37)34-20-10-18(9-19(13-20)27(29,30)31)26(38)32-7-8-35(2)3;1-5(2,3)4/h5-6,9-11,13-15H,4,7-8,12H2,1-3H3,(H,32,38)(H,33,36)(H,34,37);(H3,1,2,3,4). The van der Waals surface area contributed by atoms with Crippen LogP contribution in [0.15, 0.2) is 53.5 Å². The number of anilines is 1. The maximum Gasteiger partial charge on any atom is 0.466 e. The van der Waals surface area contributed by atoms with Gasteiger partial charge in [0, 0.05) is 42.2 Å². The number of amides is 2. The third-order valence-electron chi connectivity index (χ3n) is 5.55. The first-order chi connectivity index (χ1) is 20.4. The molecule has 1 heterocycles. The minimum atomic E-state index is -4.76. The molecule has 0 radical (unpaired) electrons. The molecule has 0 aliphatic heterocycles. The van der Waals surface area contributed by atoms with Crippen molar-refractivity contribution in [1.29, 1.82) is 0 Å². The second kappa shape index (κ2) is 15.6. The SMILES string of the molecule is CCOc1cc(=O)[nH]cc1-c1ccc(CC(=O)Nc2cc(C(=O)NCCN(C)C)cc(C(F)(F)F)c2)c(F)c1.O=P(O)(O)O. The molecule has 44 heavy (non-hydrogen) atoms. The average Bonchev–Trinajstić information content (AvgIpc) is 2.88.